The molecule has 0 aliphatic rings. The summed E-state index contributed by atoms with van der Waals surface area (Å²) in [5, 5.41) is 0. The minimum atomic E-state index is -3.80. The predicted molar refractivity (Wildman–Crippen MR) is 105 cm³/mol. The van der Waals surface area contributed by atoms with Crippen LogP contribution in [-0.2, 0) is 14.8 Å². The maximum absolute atomic E-state index is 13.1. The molecule has 27 heavy (non-hydrogen) atoms. The molecule has 0 saturated heterocycles. The van der Waals surface area contributed by atoms with Crippen molar-refractivity contribution < 1.29 is 22.7 Å². The first-order valence-electron chi connectivity index (χ1n) is 8.57. The van der Waals surface area contributed by atoms with Crippen LogP contribution in [0.15, 0.2) is 66.1 Å². The maximum atomic E-state index is 13.1. The zero-order chi connectivity index (χ0) is 19.9. The van der Waals surface area contributed by atoms with Crippen molar-refractivity contribution in [2.24, 2.45) is 0 Å². The molecule has 0 aliphatic carbocycles. The summed E-state index contributed by atoms with van der Waals surface area (Å²) in [7, 11) is -3.80. The highest BCUT2D eigenvalue weighted by atomic mass is 32.2. The van der Waals surface area contributed by atoms with Crippen LogP contribution in [0, 0.1) is 0 Å². The summed E-state index contributed by atoms with van der Waals surface area (Å²) >= 11 is 0. The summed E-state index contributed by atoms with van der Waals surface area (Å²) in [6, 6.07) is 12.5. The van der Waals surface area contributed by atoms with E-state index in [2.05, 4.69) is 6.58 Å². The molecule has 2 aromatic rings. The van der Waals surface area contributed by atoms with E-state index >= 15 is 0 Å². The number of ether oxygens (including phenoxy) is 2. The van der Waals surface area contributed by atoms with Crippen LogP contribution in [0.25, 0.3) is 0 Å². The quantitative estimate of drug-likeness (QED) is 0.484. The molecule has 7 heteroatoms. The molecule has 0 atom stereocenters. The van der Waals surface area contributed by atoms with Gasteiger partial charge < -0.3 is 9.47 Å². The van der Waals surface area contributed by atoms with E-state index in [1.165, 1.54) is 34.6 Å². The average Bonchev–Trinajstić information content (AvgIpc) is 2.67. The first-order valence-corrected chi connectivity index (χ1v) is 10.0. The van der Waals surface area contributed by atoms with E-state index in [4.69, 9.17) is 9.47 Å². The first-order chi connectivity index (χ1) is 12.9. The molecule has 0 saturated carbocycles. The number of benzene rings is 2. The molecule has 0 aliphatic heterocycles. The normalized spacial score (nSPS) is 10.9. The fraction of sp³-hybridized carbons (Fsp3) is 0.250. The van der Waals surface area contributed by atoms with E-state index in [0.29, 0.717) is 23.6 Å². The molecule has 2 aromatic carbocycles. The lowest BCUT2D eigenvalue weighted by molar-refractivity contribution is 0.0526. The molecule has 0 heterocycles. The Morgan fingerprint density at radius 2 is 1.67 bits per heavy atom. The van der Waals surface area contributed by atoms with Gasteiger partial charge in [0, 0.05) is 0 Å². The largest absolute Gasteiger partial charge is 0.494 e. The minimum Gasteiger partial charge on any atom is -0.494 e. The van der Waals surface area contributed by atoms with Gasteiger partial charge in [-0.3, -0.25) is 4.31 Å². The minimum absolute atomic E-state index is 0.0916. The van der Waals surface area contributed by atoms with Crippen LogP contribution >= 0.6 is 0 Å². The Bertz CT molecular complexity index is 874. The number of carbonyl (C=O) groups excluding carboxylic acids is 1. The number of hydrogen-bond donors (Lipinski definition) is 0. The predicted octanol–water partition coefficient (Wildman–Crippen LogP) is 3.64. The Hall–Kier alpha value is -2.80. The monoisotopic (exact) mass is 389 g/mol. The average molecular weight is 389 g/mol. The molecule has 0 aromatic heterocycles. The molecule has 2 rings (SSSR count). The van der Waals surface area contributed by atoms with Gasteiger partial charge in [0.25, 0.3) is 10.0 Å². The summed E-state index contributed by atoms with van der Waals surface area (Å²) < 4.78 is 37.6. The molecule has 0 fully saturated rings. The van der Waals surface area contributed by atoms with Crippen molar-refractivity contribution in [3.05, 3.63) is 66.7 Å². The Kier molecular flexibility index (Phi) is 7.01. The number of anilines is 1. The number of hydrogen-bond acceptors (Lipinski definition) is 5. The molecule has 0 amide bonds. The van der Waals surface area contributed by atoms with Crippen molar-refractivity contribution >= 4 is 21.7 Å². The van der Waals surface area contributed by atoms with Crippen molar-refractivity contribution in [2.75, 3.05) is 24.1 Å². The third-order valence-electron chi connectivity index (χ3n) is 3.68. The Morgan fingerprint density at radius 3 is 2.19 bits per heavy atom. The van der Waals surface area contributed by atoms with Gasteiger partial charge in [0.05, 0.1) is 35.9 Å². The number of carbonyl (C=O) groups is 1. The first kappa shape index (κ1) is 20.5. The van der Waals surface area contributed by atoms with Crippen LogP contribution < -0.4 is 9.04 Å². The van der Waals surface area contributed by atoms with Gasteiger partial charge in [-0.1, -0.05) is 6.08 Å². The van der Waals surface area contributed by atoms with Gasteiger partial charge in [-0.15, -0.1) is 6.58 Å². The van der Waals surface area contributed by atoms with Crippen LogP contribution in [0.4, 0.5) is 5.69 Å². The van der Waals surface area contributed by atoms with Gasteiger partial charge >= 0.3 is 5.97 Å². The lowest BCUT2D eigenvalue weighted by Gasteiger charge is -2.23. The van der Waals surface area contributed by atoms with Crippen molar-refractivity contribution in [1.29, 1.82) is 0 Å². The Balaban J connectivity index is 2.34. The van der Waals surface area contributed by atoms with Crippen LogP contribution in [0.3, 0.4) is 0 Å². The third-order valence-corrected chi connectivity index (χ3v) is 5.49. The molecule has 0 radical (unpaired) electrons. The summed E-state index contributed by atoms with van der Waals surface area (Å²) in [6.07, 6.45) is 1.51. The standard InChI is InChI=1S/C20H23NO5S/c1-4-15-21(17-9-7-16(8-10-17)20(22)26-6-3)27(23,24)19-13-11-18(12-14-19)25-5-2/h4,7-14H,1,5-6,15H2,2-3H3. The lowest BCUT2D eigenvalue weighted by Crippen LogP contribution is -2.31. The fourth-order valence-corrected chi connectivity index (χ4v) is 3.87. The van der Waals surface area contributed by atoms with Gasteiger partial charge in [-0.2, -0.15) is 0 Å². The van der Waals surface area contributed by atoms with Gasteiger partial charge in [-0.05, 0) is 62.4 Å². The van der Waals surface area contributed by atoms with Crippen LogP contribution in [0.5, 0.6) is 5.75 Å². The lowest BCUT2D eigenvalue weighted by atomic mass is 10.2. The maximum Gasteiger partial charge on any atom is 0.338 e. The van der Waals surface area contributed by atoms with E-state index in [-0.39, 0.29) is 18.0 Å². The third kappa shape index (κ3) is 4.89. The molecule has 0 unspecified atom stereocenters. The number of nitrogens with zero attached hydrogens (tertiary/aromatic N) is 1. The van der Waals surface area contributed by atoms with Crippen molar-refractivity contribution in [3.8, 4) is 5.75 Å². The van der Waals surface area contributed by atoms with E-state index in [1.54, 1.807) is 31.2 Å². The zero-order valence-electron chi connectivity index (χ0n) is 15.4. The van der Waals surface area contributed by atoms with Crippen molar-refractivity contribution in [3.63, 3.8) is 0 Å². The van der Waals surface area contributed by atoms with Crippen molar-refractivity contribution in [1.82, 2.24) is 0 Å². The number of sulfonamides is 1. The zero-order valence-corrected chi connectivity index (χ0v) is 16.2. The number of esters is 1. The smallest absolute Gasteiger partial charge is 0.338 e. The Labute approximate surface area is 160 Å². The van der Waals surface area contributed by atoms with E-state index < -0.39 is 16.0 Å². The second-order valence-corrected chi connectivity index (χ2v) is 7.36. The molecule has 6 nitrogen and oxygen atoms in total. The molecule has 0 spiro atoms. The van der Waals surface area contributed by atoms with Gasteiger partial charge in [0.15, 0.2) is 0 Å². The second-order valence-electron chi connectivity index (χ2n) is 5.50. The van der Waals surface area contributed by atoms with E-state index in [1.807, 2.05) is 6.92 Å². The van der Waals surface area contributed by atoms with E-state index in [9.17, 15) is 13.2 Å². The summed E-state index contributed by atoms with van der Waals surface area (Å²) in [5.41, 5.74) is 0.787. The highest BCUT2D eigenvalue weighted by Crippen LogP contribution is 2.25. The van der Waals surface area contributed by atoms with Gasteiger partial charge in [-0.25, -0.2) is 13.2 Å². The molecular weight excluding hydrogens is 366 g/mol. The fourth-order valence-electron chi connectivity index (χ4n) is 2.44. The highest BCUT2D eigenvalue weighted by Gasteiger charge is 2.24. The van der Waals surface area contributed by atoms with Gasteiger partial charge in [0.2, 0.25) is 0 Å². The topological polar surface area (TPSA) is 72.9 Å². The summed E-state index contributed by atoms with van der Waals surface area (Å²) in [4.78, 5) is 11.9. The van der Waals surface area contributed by atoms with Crippen molar-refractivity contribution in [2.45, 2.75) is 18.7 Å². The van der Waals surface area contributed by atoms with Crippen LogP contribution in [0.1, 0.15) is 24.2 Å². The van der Waals surface area contributed by atoms with Gasteiger partial charge in [0.1, 0.15) is 5.75 Å². The van der Waals surface area contributed by atoms with Crippen LogP contribution in [0.2, 0.25) is 0 Å². The van der Waals surface area contributed by atoms with E-state index in [0.717, 1.165) is 0 Å². The SMILES string of the molecule is C=CCN(c1ccc(C(=O)OCC)cc1)S(=O)(=O)c1ccc(OCC)cc1. The summed E-state index contributed by atoms with van der Waals surface area (Å²) in [6.45, 7) is 8.09. The molecular formula is C20H23NO5S. The molecule has 144 valence electrons. The Morgan fingerprint density at radius 1 is 1.04 bits per heavy atom. The molecule has 0 bridgehead atoms. The van der Waals surface area contributed by atoms with Crippen LogP contribution in [-0.4, -0.2) is 34.1 Å². The molecule has 0 N–H and O–H groups in total. The highest BCUT2D eigenvalue weighted by molar-refractivity contribution is 7.92. The summed E-state index contributed by atoms with van der Waals surface area (Å²) in [5.74, 6) is 0.152. The number of rotatable bonds is 9. The second kappa shape index (κ2) is 9.23.